The van der Waals surface area contributed by atoms with Crippen molar-refractivity contribution in [3.8, 4) is 5.75 Å². The standard InChI is InChI=1S/C22H25FN4O3/c1-15(12-24-22(28)18-7-5-8-19(23)11-18)29-20-9-4-6-17(10-20)13-27(3)14-21-16(2)25-30-26-21/h4-11,15H,12-14H2,1-3H3,(H,24,28). The van der Waals surface area contributed by atoms with Crippen LogP contribution >= 0.6 is 0 Å². The minimum absolute atomic E-state index is 0.251. The molecule has 0 saturated heterocycles. The van der Waals surface area contributed by atoms with Crippen molar-refractivity contribution in [3.05, 3.63) is 76.9 Å². The first-order valence-corrected chi connectivity index (χ1v) is 9.66. The number of halogens is 1. The van der Waals surface area contributed by atoms with E-state index in [0.717, 1.165) is 17.0 Å². The van der Waals surface area contributed by atoms with Crippen LogP contribution in [0.15, 0.2) is 53.2 Å². The molecule has 158 valence electrons. The molecule has 1 amide bonds. The predicted molar refractivity (Wildman–Crippen MR) is 109 cm³/mol. The fourth-order valence-corrected chi connectivity index (χ4v) is 2.98. The van der Waals surface area contributed by atoms with Crippen LogP contribution in [0.4, 0.5) is 4.39 Å². The van der Waals surface area contributed by atoms with E-state index in [1.165, 1.54) is 18.2 Å². The molecule has 0 saturated carbocycles. The summed E-state index contributed by atoms with van der Waals surface area (Å²) in [4.78, 5) is 14.2. The maximum atomic E-state index is 13.2. The SMILES string of the molecule is Cc1nonc1CN(C)Cc1cccc(OC(C)CNC(=O)c2cccc(F)c2)c1. The zero-order chi connectivity index (χ0) is 21.5. The number of amides is 1. The van der Waals surface area contributed by atoms with Crippen LogP contribution in [0.3, 0.4) is 0 Å². The quantitative estimate of drug-likeness (QED) is 0.581. The lowest BCUT2D eigenvalue weighted by Crippen LogP contribution is -2.33. The number of carbonyl (C=O) groups excluding carboxylic acids is 1. The van der Waals surface area contributed by atoms with Gasteiger partial charge < -0.3 is 10.1 Å². The van der Waals surface area contributed by atoms with Crippen molar-refractivity contribution in [2.45, 2.75) is 33.0 Å². The summed E-state index contributed by atoms with van der Waals surface area (Å²) in [5, 5.41) is 10.5. The highest BCUT2D eigenvalue weighted by Gasteiger charge is 2.12. The van der Waals surface area contributed by atoms with Gasteiger partial charge in [-0.15, -0.1) is 0 Å². The Morgan fingerprint density at radius 1 is 1.20 bits per heavy atom. The summed E-state index contributed by atoms with van der Waals surface area (Å²) in [6, 6.07) is 13.4. The average Bonchev–Trinajstić information content (AvgIpc) is 3.10. The Morgan fingerprint density at radius 3 is 2.73 bits per heavy atom. The van der Waals surface area contributed by atoms with E-state index in [1.807, 2.05) is 45.2 Å². The third-order valence-electron chi connectivity index (χ3n) is 4.49. The lowest BCUT2D eigenvalue weighted by Gasteiger charge is -2.18. The molecule has 0 spiro atoms. The first-order valence-electron chi connectivity index (χ1n) is 9.66. The van der Waals surface area contributed by atoms with Gasteiger partial charge in [0.25, 0.3) is 5.91 Å². The Bertz CT molecular complexity index is 992. The van der Waals surface area contributed by atoms with E-state index in [1.54, 1.807) is 6.07 Å². The maximum absolute atomic E-state index is 13.2. The fraction of sp³-hybridized carbons (Fsp3) is 0.318. The van der Waals surface area contributed by atoms with E-state index in [9.17, 15) is 9.18 Å². The molecule has 0 fully saturated rings. The Kier molecular flexibility index (Phi) is 7.13. The number of aryl methyl sites for hydroxylation is 1. The van der Waals surface area contributed by atoms with Crippen LogP contribution in [0.2, 0.25) is 0 Å². The highest BCUT2D eigenvalue weighted by atomic mass is 19.1. The van der Waals surface area contributed by atoms with Gasteiger partial charge in [0.1, 0.15) is 29.1 Å². The summed E-state index contributed by atoms with van der Waals surface area (Å²) in [5.74, 6) is -0.0608. The number of benzene rings is 2. The molecule has 0 aliphatic heterocycles. The fourth-order valence-electron chi connectivity index (χ4n) is 2.98. The number of ether oxygens (including phenoxy) is 1. The molecule has 8 heteroatoms. The summed E-state index contributed by atoms with van der Waals surface area (Å²) in [6.45, 7) is 5.36. The highest BCUT2D eigenvalue weighted by molar-refractivity contribution is 5.94. The molecule has 30 heavy (non-hydrogen) atoms. The smallest absolute Gasteiger partial charge is 0.251 e. The van der Waals surface area contributed by atoms with E-state index in [-0.39, 0.29) is 17.6 Å². The third-order valence-corrected chi connectivity index (χ3v) is 4.49. The molecule has 3 rings (SSSR count). The van der Waals surface area contributed by atoms with Crippen molar-refractivity contribution >= 4 is 5.91 Å². The average molecular weight is 412 g/mol. The second kappa shape index (κ2) is 9.98. The third kappa shape index (κ3) is 6.12. The van der Waals surface area contributed by atoms with Gasteiger partial charge >= 0.3 is 0 Å². The van der Waals surface area contributed by atoms with Gasteiger partial charge in [-0.3, -0.25) is 9.69 Å². The summed E-state index contributed by atoms with van der Waals surface area (Å²) < 4.78 is 23.9. The van der Waals surface area contributed by atoms with Crippen LogP contribution in [-0.4, -0.2) is 40.8 Å². The summed E-state index contributed by atoms with van der Waals surface area (Å²) in [7, 11) is 1.99. The van der Waals surface area contributed by atoms with Crippen LogP contribution in [0.1, 0.15) is 34.2 Å². The monoisotopic (exact) mass is 412 g/mol. The van der Waals surface area contributed by atoms with E-state index in [2.05, 4.69) is 20.5 Å². The van der Waals surface area contributed by atoms with Gasteiger partial charge in [0, 0.05) is 18.7 Å². The molecule has 1 N–H and O–H groups in total. The first-order chi connectivity index (χ1) is 14.4. The maximum Gasteiger partial charge on any atom is 0.251 e. The molecular formula is C22H25FN4O3. The number of nitrogens with one attached hydrogen (secondary N) is 1. The van der Waals surface area contributed by atoms with Gasteiger partial charge in [-0.2, -0.15) is 0 Å². The molecule has 1 heterocycles. The van der Waals surface area contributed by atoms with Crippen LogP contribution in [0.25, 0.3) is 0 Å². The molecule has 3 aromatic rings. The molecule has 2 aromatic carbocycles. The molecule has 1 atom stereocenters. The lowest BCUT2D eigenvalue weighted by atomic mass is 10.2. The van der Waals surface area contributed by atoms with Crippen molar-refractivity contribution in [1.82, 2.24) is 20.5 Å². The van der Waals surface area contributed by atoms with Gasteiger partial charge in [-0.25, -0.2) is 9.02 Å². The minimum atomic E-state index is -0.441. The van der Waals surface area contributed by atoms with Crippen LogP contribution in [0, 0.1) is 12.7 Å². The highest BCUT2D eigenvalue weighted by Crippen LogP contribution is 2.17. The van der Waals surface area contributed by atoms with Gasteiger partial charge in [0.05, 0.1) is 6.54 Å². The van der Waals surface area contributed by atoms with Crippen LogP contribution in [0.5, 0.6) is 5.75 Å². The summed E-state index contributed by atoms with van der Waals surface area (Å²) >= 11 is 0. The molecule has 1 unspecified atom stereocenters. The number of carbonyl (C=O) groups is 1. The van der Waals surface area contributed by atoms with Crippen molar-refractivity contribution < 1.29 is 18.6 Å². The van der Waals surface area contributed by atoms with Gasteiger partial charge in [-0.1, -0.05) is 28.5 Å². The lowest BCUT2D eigenvalue weighted by molar-refractivity contribution is 0.0931. The number of rotatable bonds is 9. The van der Waals surface area contributed by atoms with Crippen LogP contribution < -0.4 is 10.1 Å². The summed E-state index contributed by atoms with van der Waals surface area (Å²) in [6.07, 6.45) is -0.251. The number of aromatic nitrogens is 2. The van der Waals surface area contributed by atoms with Crippen molar-refractivity contribution in [3.63, 3.8) is 0 Å². The van der Waals surface area contributed by atoms with Crippen LogP contribution in [-0.2, 0) is 13.1 Å². The number of hydrogen-bond donors (Lipinski definition) is 1. The van der Waals surface area contributed by atoms with E-state index in [0.29, 0.717) is 25.4 Å². The Morgan fingerprint density at radius 2 is 2.00 bits per heavy atom. The normalized spacial score (nSPS) is 12.0. The van der Waals surface area contributed by atoms with E-state index < -0.39 is 5.82 Å². The minimum Gasteiger partial charge on any atom is -0.489 e. The topological polar surface area (TPSA) is 80.5 Å². The number of nitrogens with zero attached hydrogens (tertiary/aromatic N) is 3. The largest absolute Gasteiger partial charge is 0.489 e. The predicted octanol–water partition coefficient (Wildman–Crippen LogP) is 3.35. The van der Waals surface area contributed by atoms with Crippen molar-refractivity contribution in [2.75, 3.05) is 13.6 Å². The molecule has 0 aliphatic rings. The van der Waals surface area contributed by atoms with Crippen molar-refractivity contribution in [1.29, 1.82) is 0 Å². The summed E-state index contributed by atoms with van der Waals surface area (Å²) in [5.41, 5.74) is 2.96. The molecule has 0 aliphatic carbocycles. The Hall–Kier alpha value is -3.26. The first kappa shape index (κ1) is 21.4. The Balaban J connectivity index is 1.50. The molecule has 0 radical (unpaired) electrons. The molecule has 0 bridgehead atoms. The number of hydrogen-bond acceptors (Lipinski definition) is 6. The second-order valence-corrected chi connectivity index (χ2v) is 7.26. The zero-order valence-corrected chi connectivity index (χ0v) is 17.3. The van der Waals surface area contributed by atoms with E-state index >= 15 is 0 Å². The van der Waals surface area contributed by atoms with E-state index in [4.69, 9.17) is 9.37 Å². The second-order valence-electron chi connectivity index (χ2n) is 7.26. The zero-order valence-electron chi connectivity index (χ0n) is 17.3. The van der Waals surface area contributed by atoms with Gasteiger partial charge in [0.15, 0.2) is 0 Å². The Labute approximate surface area is 174 Å². The van der Waals surface area contributed by atoms with Gasteiger partial charge in [0.2, 0.25) is 0 Å². The molecular weight excluding hydrogens is 387 g/mol. The molecule has 1 aromatic heterocycles. The van der Waals surface area contributed by atoms with Crippen molar-refractivity contribution in [2.24, 2.45) is 0 Å². The van der Waals surface area contributed by atoms with Gasteiger partial charge in [-0.05, 0) is 56.8 Å². The molecule has 7 nitrogen and oxygen atoms in total.